The molecule has 0 heterocycles. The Bertz CT molecular complexity index is 431. The van der Waals surface area contributed by atoms with Crippen LogP contribution in [0.4, 0.5) is 0 Å². The highest BCUT2D eigenvalue weighted by atomic mass is 16.4. The number of carboxylic acids is 1. The minimum atomic E-state index is -0.658. The zero-order valence-corrected chi connectivity index (χ0v) is 10.3. The van der Waals surface area contributed by atoms with E-state index in [1.165, 1.54) is 5.57 Å². The fourth-order valence-corrected chi connectivity index (χ4v) is 2.28. The molecule has 0 amide bonds. The molecule has 1 N–H and O–H groups in total. The van der Waals surface area contributed by atoms with Crippen LogP contribution in [0.3, 0.4) is 0 Å². The Hall–Kier alpha value is -1.57. The summed E-state index contributed by atoms with van der Waals surface area (Å²) < 4.78 is 0. The van der Waals surface area contributed by atoms with E-state index in [1.54, 1.807) is 0 Å². The third-order valence-corrected chi connectivity index (χ3v) is 3.34. The number of hydrogen-bond acceptors (Lipinski definition) is 1. The van der Waals surface area contributed by atoms with E-state index >= 15 is 0 Å². The third kappa shape index (κ3) is 2.76. The van der Waals surface area contributed by atoms with Crippen LogP contribution in [0.5, 0.6) is 0 Å². The van der Waals surface area contributed by atoms with Crippen molar-refractivity contribution in [3.05, 3.63) is 41.5 Å². The second-order valence-electron chi connectivity index (χ2n) is 5.00. The van der Waals surface area contributed by atoms with Gasteiger partial charge in [0, 0.05) is 0 Å². The molecule has 90 valence electrons. The Balaban J connectivity index is 2.20. The molecule has 1 aromatic carbocycles. The van der Waals surface area contributed by atoms with Crippen molar-refractivity contribution in [2.24, 2.45) is 17.8 Å². The predicted octanol–water partition coefficient (Wildman–Crippen LogP) is 3.45. The predicted molar refractivity (Wildman–Crippen MR) is 68.5 cm³/mol. The van der Waals surface area contributed by atoms with Crippen LogP contribution in [-0.4, -0.2) is 11.1 Å². The number of allylic oxidation sites excluding steroid dienone is 1. The van der Waals surface area contributed by atoms with Crippen LogP contribution < -0.4 is 0 Å². The highest BCUT2D eigenvalue weighted by Gasteiger charge is 2.45. The largest absolute Gasteiger partial charge is 0.481 e. The summed E-state index contributed by atoms with van der Waals surface area (Å²) in [5.74, 6) is -0.167. The molecule has 1 fully saturated rings. The summed E-state index contributed by atoms with van der Waals surface area (Å²) in [5, 5.41) is 8.99. The van der Waals surface area contributed by atoms with E-state index in [9.17, 15) is 4.79 Å². The minimum Gasteiger partial charge on any atom is -0.481 e. The molecule has 0 bridgehead atoms. The summed E-state index contributed by atoms with van der Waals surface area (Å²) >= 11 is 0. The average molecular weight is 230 g/mol. The SMILES string of the molecule is CC(C)C(=Cc1ccccc1)[C@@H]1C[C@H]1C(=O)O. The number of benzene rings is 1. The van der Waals surface area contributed by atoms with E-state index in [1.807, 2.05) is 18.2 Å². The van der Waals surface area contributed by atoms with Gasteiger partial charge in [0.05, 0.1) is 5.92 Å². The van der Waals surface area contributed by atoms with Crippen LogP contribution in [0.15, 0.2) is 35.9 Å². The fraction of sp³-hybridized carbons (Fsp3) is 0.400. The molecule has 0 aromatic heterocycles. The molecule has 17 heavy (non-hydrogen) atoms. The Morgan fingerprint density at radius 1 is 1.29 bits per heavy atom. The number of carboxylic acid groups (broad SMARTS) is 1. The molecular formula is C15H18O2. The highest BCUT2D eigenvalue weighted by molar-refractivity contribution is 5.75. The number of hydrogen-bond donors (Lipinski definition) is 1. The van der Waals surface area contributed by atoms with Crippen LogP contribution in [0, 0.1) is 17.8 Å². The molecule has 1 saturated carbocycles. The van der Waals surface area contributed by atoms with E-state index in [4.69, 9.17) is 5.11 Å². The van der Waals surface area contributed by atoms with E-state index in [-0.39, 0.29) is 11.8 Å². The standard InChI is InChI=1S/C15H18O2/c1-10(2)12(13-9-14(13)15(16)17)8-11-6-4-3-5-7-11/h3-8,10,13-14H,9H2,1-2H3,(H,16,17)/t13-,14+/m0/s1. The highest BCUT2D eigenvalue weighted by Crippen LogP contribution is 2.47. The quantitative estimate of drug-likeness (QED) is 0.860. The Morgan fingerprint density at radius 2 is 1.94 bits per heavy atom. The summed E-state index contributed by atoms with van der Waals surface area (Å²) in [6.07, 6.45) is 2.95. The van der Waals surface area contributed by atoms with Crippen LogP contribution in [0.1, 0.15) is 25.8 Å². The lowest BCUT2D eigenvalue weighted by molar-refractivity contribution is -0.138. The number of rotatable bonds is 4. The maximum Gasteiger partial charge on any atom is 0.307 e. The molecule has 0 aliphatic heterocycles. The van der Waals surface area contributed by atoms with E-state index in [0.717, 1.165) is 12.0 Å². The molecule has 0 saturated heterocycles. The second-order valence-corrected chi connectivity index (χ2v) is 5.00. The maximum atomic E-state index is 10.9. The second kappa shape index (κ2) is 4.74. The van der Waals surface area contributed by atoms with Crippen molar-refractivity contribution in [2.45, 2.75) is 20.3 Å². The van der Waals surface area contributed by atoms with Crippen molar-refractivity contribution >= 4 is 12.0 Å². The summed E-state index contributed by atoms with van der Waals surface area (Å²) in [7, 11) is 0. The minimum absolute atomic E-state index is 0.160. The zero-order valence-electron chi connectivity index (χ0n) is 10.3. The van der Waals surface area contributed by atoms with Crippen molar-refractivity contribution in [3.63, 3.8) is 0 Å². The van der Waals surface area contributed by atoms with E-state index in [0.29, 0.717) is 5.92 Å². The Kier molecular flexibility index (Phi) is 3.32. The van der Waals surface area contributed by atoms with E-state index < -0.39 is 5.97 Å². The lowest BCUT2D eigenvalue weighted by atomic mass is 9.95. The van der Waals surface area contributed by atoms with Gasteiger partial charge in [0.15, 0.2) is 0 Å². The first-order valence-electron chi connectivity index (χ1n) is 6.09. The molecule has 1 aromatic rings. The van der Waals surface area contributed by atoms with Gasteiger partial charge in [-0.25, -0.2) is 0 Å². The normalized spacial score (nSPS) is 23.8. The van der Waals surface area contributed by atoms with Crippen molar-refractivity contribution in [2.75, 3.05) is 0 Å². The molecule has 2 atom stereocenters. The van der Waals surface area contributed by atoms with Gasteiger partial charge < -0.3 is 5.11 Å². The lowest BCUT2D eigenvalue weighted by Gasteiger charge is -2.11. The van der Waals surface area contributed by atoms with Crippen LogP contribution in [0.25, 0.3) is 6.08 Å². The maximum absolute atomic E-state index is 10.9. The molecule has 1 aliphatic rings. The molecule has 2 heteroatoms. The Labute approximate surface area is 102 Å². The third-order valence-electron chi connectivity index (χ3n) is 3.34. The van der Waals surface area contributed by atoms with E-state index in [2.05, 4.69) is 32.1 Å². The number of aliphatic carboxylic acids is 1. The van der Waals surface area contributed by atoms with Crippen LogP contribution >= 0.6 is 0 Å². The van der Waals surface area contributed by atoms with Crippen molar-refractivity contribution in [1.82, 2.24) is 0 Å². The molecule has 2 rings (SSSR count). The van der Waals surface area contributed by atoms with Crippen molar-refractivity contribution in [1.29, 1.82) is 0 Å². The van der Waals surface area contributed by atoms with Gasteiger partial charge >= 0.3 is 5.97 Å². The molecule has 0 radical (unpaired) electrons. The first-order chi connectivity index (χ1) is 8.09. The smallest absolute Gasteiger partial charge is 0.307 e. The van der Waals surface area contributed by atoms with Crippen LogP contribution in [0.2, 0.25) is 0 Å². The topological polar surface area (TPSA) is 37.3 Å². The van der Waals surface area contributed by atoms with Gasteiger partial charge in [0.2, 0.25) is 0 Å². The molecule has 2 nitrogen and oxygen atoms in total. The summed E-state index contributed by atoms with van der Waals surface area (Å²) in [6, 6.07) is 10.1. The van der Waals surface area contributed by atoms with Gasteiger partial charge in [-0.05, 0) is 23.8 Å². The first kappa shape index (κ1) is 11.9. The zero-order chi connectivity index (χ0) is 12.4. The molecule has 0 unspecified atom stereocenters. The summed E-state index contributed by atoms with van der Waals surface area (Å²) in [5.41, 5.74) is 2.43. The average Bonchev–Trinajstić information content (AvgIpc) is 3.07. The van der Waals surface area contributed by atoms with Gasteiger partial charge in [-0.1, -0.05) is 55.8 Å². The Morgan fingerprint density at radius 3 is 2.41 bits per heavy atom. The van der Waals surface area contributed by atoms with Gasteiger partial charge in [-0.2, -0.15) is 0 Å². The summed E-state index contributed by atoms with van der Waals surface area (Å²) in [4.78, 5) is 10.9. The number of carbonyl (C=O) groups is 1. The van der Waals surface area contributed by atoms with Gasteiger partial charge in [0.1, 0.15) is 0 Å². The van der Waals surface area contributed by atoms with Crippen molar-refractivity contribution in [3.8, 4) is 0 Å². The molecule has 1 aliphatic carbocycles. The van der Waals surface area contributed by atoms with Gasteiger partial charge in [-0.3, -0.25) is 4.79 Å². The summed E-state index contributed by atoms with van der Waals surface area (Å²) in [6.45, 7) is 4.26. The van der Waals surface area contributed by atoms with Gasteiger partial charge in [0.25, 0.3) is 0 Å². The molecule has 0 spiro atoms. The van der Waals surface area contributed by atoms with Crippen LogP contribution in [-0.2, 0) is 4.79 Å². The fourth-order valence-electron chi connectivity index (χ4n) is 2.28. The molecular weight excluding hydrogens is 212 g/mol. The first-order valence-corrected chi connectivity index (χ1v) is 6.09. The van der Waals surface area contributed by atoms with Gasteiger partial charge in [-0.15, -0.1) is 0 Å². The lowest BCUT2D eigenvalue weighted by Crippen LogP contribution is -2.04. The monoisotopic (exact) mass is 230 g/mol. The van der Waals surface area contributed by atoms with Crippen molar-refractivity contribution < 1.29 is 9.90 Å².